The highest BCUT2D eigenvalue weighted by Crippen LogP contribution is 2.24. The zero-order valence-corrected chi connectivity index (χ0v) is 31.9. The Kier molecular flexibility index (Phi) is 12.7. The molecule has 280 valence electrons. The van der Waals surface area contributed by atoms with Crippen LogP contribution in [0.15, 0.2) is 155 Å². The summed E-state index contributed by atoms with van der Waals surface area (Å²) in [6.07, 6.45) is 2.27. The fourth-order valence-corrected chi connectivity index (χ4v) is 6.93. The van der Waals surface area contributed by atoms with Crippen molar-refractivity contribution in [3.05, 3.63) is 179 Å². The van der Waals surface area contributed by atoms with Crippen LogP contribution in [0.2, 0.25) is 0 Å². The highest BCUT2D eigenvalue weighted by molar-refractivity contribution is 7.91. The van der Waals surface area contributed by atoms with Crippen molar-refractivity contribution in [2.45, 2.75) is 9.79 Å². The highest BCUT2D eigenvalue weighted by Gasteiger charge is 2.14. The van der Waals surface area contributed by atoms with Gasteiger partial charge in [0.2, 0.25) is 0 Å². The predicted octanol–water partition coefficient (Wildman–Crippen LogP) is 6.65. The second kappa shape index (κ2) is 17.8. The monoisotopic (exact) mass is 780 g/mol. The molecule has 0 saturated carbocycles. The minimum Gasteiger partial charge on any atom is -0.398 e. The van der Waals surface area contributed by atoms with Gasteiger partial charge >= 0.3 is 0 Å². The lowest BCUT2D eigenvalue weighted by Gasteiger charge is -2.09. The number of sulfone groups is 2. The molecule has 0 aliphatic heterocycles. The molecule has 56 heavy (non-hydrogen) atoms. The van der Waals surface area contributed by atoms with Crippen molar-refractivity contribution in [3.63, 3.8) is 0 Å². The zero-order chi connectivity index (χ0) is 40.3. The largest absolute Gasteiger partial charge is 0.398 e. The summed E-state index contributed by atoms with van der Waals surface area (Å²) in [6.45, 7) is 0. The van der Waals surface area contributed by atoms with Gasteiger partial charge in [-0.25, -0.2) is 16.8 Å². The van der Waals surface area contributed by atoms with Gasteiger partial charge in [0, 0.05) is 46.1 Å². The molecule has 0 aromatic heterocycles. The van der Waals surface area contributed by atoms with Crippen molar-refractivity contribution in [1.29, 1.82) is 0 Å². The number of rotatable bonds is 6. The third kappa shape index (κ3) is 10.5. The highest BCUT2D eigenvalue weighted by atomic mass is 32.2. The summed E-state index contributed by atoms with van der Waals surface area (Å²) in [5, 5.41) is 5.62. The van der Waals surface area contributed by atoms with Gasteiger partial charge in [-0.3, -0.25) is 9.59 Å². The summed E-state index contributed by atoms with van der Waals surface area (Å²) in [4.78, 5) is 25.2. The van der Waals surface area contributed by atoms with Crippen LogP contribution in [0.4, 0.5) is 22.7 Å². The number of nitrogens with one attached hydrogen (secondary N) is 2. The van der Waals surface area contributed by atoms with Crippen molar-refractivity contribution in [2.24, 2.45) is 0 Å². The SMILES string of the molecule is CS(=O)(=O)c1ccccc1C#Cc1c(N)cccc1NC(=O)c1ccccc1.CS(=O)(=O)c1ccccc1C#Cc1c(N)cccc1NC(=O)c1ccccc1. The van der Waals surface area contributed by atoms with Crippen molar-refractivity contribution in [1.82, 2.24) is 0 Å². The van der Waals surface area contributed by atoms with Gasteiger partial charge in [-0.2, -0.15) is 0 Å². The Balaban J connectivity index is 0.000000214. The van der Waals surface area contributed by atoms with Crippen LogP contribution in [0, 0.1) is 23.7 Å². The first-order valence-corrected chi connectivity index (χ1v) is 20.6. The van der Waals surface area contributed by atoms with Gasteiger partial charge in [-0.1, -0.05) is 96.5 Å². The fourth-order valence-electron chi connectivity index (χ4n) is 5.24. The third-order valence-corrected chi connectivity index (χ3v) is 10.3. The number of amides is 2. The van der Waals surface area contributed by atoms with E-state index in [-0.39, 0.29) is 21.6 Å². The van der Waals surface area contributed by atoms with E-state index in [1.807, 2.05) is 12.1 Å². The number of nitrogen functional groups attached to an aromatic ring is 2. The number of hydrogen-bond acceptors (Lipinski definition) is 8. The summed E-state index contributed by atoms with van der Waals surface area (Å²) < 4.78 is 47.8. The van der Waals surface area contributed by atoms with E-state index in [9.17, 15) is 26.4 Å². The summed E-state index contributed by atoms with van der Waals surface area (Å²) in [7, 11) is -6.83. The summed E-state index contributed by atoms with van der Waals surface area (Å²) in [5.74, 6) is 11.0. The standard InChI is InChI=1S/2C22H18N2O3S/c2*1-28(26,27)21-13-6-5-8-16(21)14-15-18-19(23)11-7-12-20(18)24-22(25)17-9-3-2-4-10-17/h2*2-13H,23H2,1H3,(H,24,25). The minimum absolute atomic E-state index is 0.145. The third-order valence-electron chi connectivity index (χ3n) is 7.98. The molecule has 10 nitrogen and oxygen atoms in total. The first kappa shape index (κ1) is 40.1. The average Bonchev–Trinajstić information content (AvgIpc) is 3.18. The Morgan fingerprint density at radius 3 is 1.14 bits per heavy atom. The van der Waals surface area contributed by atoms with Gasteiger partial charge in [0.25, 0.3) is 11.8 Å². The fraction of sp³-hybridized carbons (Fsp3) is 0.0455. The first-order chi connectivity index (χ1) is 26.7. The van der Waals surface area contributed by atoms with Gasteiger partial charge in [0.05, 0.1) is 32.3 Å². The molecule has 0 spiro atoms. The van der Waals surface area contributed by atoms with E-state index in [0.717, 1.165) is 12.5 Å². The van der Waals surface area contributed by atoms with E-state index >= 15 is 0 Å². The molecular formula is C44H36N4O6S2. The van der Waals surface area contributed by atoms with Crippen LogP contribution < -0.4 is 22.1 Å². The molecule has 12 heteroatoms. The number of benzene rings is 6. The number of carbonyl (C=O) groups excluding carboxylic acids is 2. The zero-order valence-electron chi connectivity index (χ0n) is 30.3. The van der Waals surface area contributed by atoms with E-state index in [1.54, 1.807) is 121 Å². The average molecular weight is 781 g/mol. The molecule has 6 N–H and O–H groups in total. The van der Waals surface area contributed by atoms with Gasteiger partial charge in [-0.15, -0.1) is 0 Å². The smallest absolute Gasteiger partial charge is 0.255 e. The van der Waals surface area contributed by atoms with Crippen LogP contribution in [0.25, 0.3) is 0 Å². The predicted molar refractivity (Wildman–Crippen MR) is 222 cm³/mol. The van der Waals surface area contributed by atoms with Crippen molar-refractivity contribution in [3.8, 4) is 23.7 Å². The summed E-state index contributed by atoms with van der Waals surface area (Å²) in [6, 6.07) is 40.7. The Morgan fingerprint density at radius 2 is 0.786 bits per heavy atom. The molecule has 0 aliphatic carbocycles. The number of nitrogens with two attached hydrogens (primary N) is 2. The molecule has 0 aliphatic rings. The number of anilines is 4. The molecule has 6 rings (SSSR count). The lowest BCUT2D eigenvalue weighted by Crippen LogP contribution is -2.13. The van der Waals surface area contributed by atoms with Crippen LogP contribution in [0.1, 0.15) is 43.0 Å². The topological polar surface area (TPSA) is 179 Å². The van der Waals surface area contributed by atoms with Gasteiger partial charge in [0.15, 0.2) is 19.7 Å². The van der Waals surface area contributed by atoms with Crippen molar-refractivity contribution in [2.75, 3.05) is 34.6 Å². The molecule has 0 atom stereocenters. The Labute approximate surface area is 326 Å². The molecule has 0 heterocycles. The normalized spacial score (nSPS) is 10.6. The number of hydrogen-bond donors (Lipinski definition) is 4. The molecule has 2 amide bonds. The lowest BCUT2D eigenvalue weighted by molar-refractivity contribution is 0.101. The quantitative estimate of drug-likeness (QED) is 0.107. The maximum atomic E-state index is 12.5. The van der Waals surface area contributed by atoms with Crippen LogP contribution in [-0.2, 0) is 19.7 Å². The van der Waals surface area contributed by atoms with E-state index in [1.165, 1.54) is 12.1 Å². The maximum Gasteiger partial charge on any atom is 0.255 e. The van der Waals surface area contributed by atoms with Gasteiger partial charge < -0.3 is 22.1 Å². The second-order valence-corrected chi connectivity index (χ2v) is 16.2. The van der Waals surface area contributed by atoms with E-state index < -0.39 is 19.7 Å². The van der Waals surface area contributed by atoms with Crippen LogP contribution in [0.5, 0.6) is 0 Å². The Morgan fingerprint density at radius 1 is 0.446 bits per heavy atom. The molecule has 0 fully saturated rings. The van der Waals surface area contributed by atoms with E-state index in [0.29, 0.717) is 56.1 Å². The molecule has 0 radical (unpaired) electrons. The number of carbonyl (C=O) groups is 2. The van der Waals surface area contributed by atoms with Gasteiger partial charge in [-0.05, 0) is 72.8 Å². The van der Waals surface area contributed by atoms with Crippen LogP contribution >= 0.6 is 0 Å². The summed E-state index contributed by atoms with van der Waals surface area (Å²) >= 11 is 0. The second-order valence-electron chi connectivity index (χ2n) is 12.2. The maximum absolute atomic E-state index is 12.5. The Bertz CT molecular complexity index is 2570. The first-order valence-electron chi connectivity index (χ1n) is 16.8. The molecular weight excluding hydrogens is 745 g/mol. The Hall–Kier alpha value is -7.12. The molecule has 6 aromatic rings. The van der Waals surface area contributed by atoms with Crippen molar-refractivity contribution >= 4 is 54.2 Å². The lowest BCUT2D eigenvalue weighted by atomic mass is 10.1. The molecule has 0 saturated heterocycles. The summed E-state index contributed by atoms with van der Waals surface area (Å²) in [5.41, 5.74) is 16.4. The molecule has 0 bridgehead atoms. The molecule has 0 unspecified atom stereocenters. The van der Waals surface area contributed by atoms with Crippen LogP contribution in [-0.4, -0.2) is 41.2 Å². The van der Waals surface area contributed by atoms with E-state index in [4.69, 9.17) is 11.5 Å². The van der Waals surface area contributed by atoms with Crippen LogP contribution in [0.3, 0.4) is 0 Å². The van der Waals surface area contributed by atoms with Crippen molar-refractivity contribution < 1.29 is 26.4 Å². The van der Waals surface area contributed by atoms with Gasteiger partial charge in [0.1, 0.15) is 0 Å². The van der Waals surface area contributed by atoms with E-state index in [2.05, 4.69) is 34.3 Å². The molecule has 6 aromatic carbocycles. The minimum atomic E-state index is -3.42.